The minimum Gasteiger partial charge on any atom is -0.305 e. The number of aryl methyl sites for hydroxylation is 1. The van der Waals surface area contributed by atoms with Crippen LogP contribution in [0.5, 0.6) is 0 Å². The Labute approximate surface area is 113 Å². The first-order chi connectivity index (χ1) is 8.28. The fourth-order valence-electron chi connectivity index (χ4n) is 1.40. The number of nitrogens with zero attached hydrogens (tertiary/aromatic N) is 2. The Balaban J connectivity index is 1.81. The molecule has 0 aliphatic rings. The quantitative estimate of drug-likeness (QED) is 0.921. The van der Waals surface area contributed by atoms with Crippen molar-refractivity contribution >= 4 is 27.3 Å². The topological polar surface area (TPSA) is 37.8 Å². The minimum atomic E-state index is 0.772. The Kier molecular flexibility index (Phi) is 4.65. The van der Waals surface area contributed by atoms with E-state index in [0.29, 0.717) is 0 Å². The molecule has 0 unspecified atom stereocenters. The van der Waals surface area contributed by atoms with Crippen LogP contribution < -0.4 is 5.32 Å². The van der Waals surface area contributed by atoms with E-state index >= 15 is 0 Å². The largest absolute Gasteiger partial charge is 0.305 e. The zero-order chi connectivity index (χ0) is 12.1. The Bertz CT molecular complexity index is 467. The average Bonchev–Trinajstić information content (AvgIpc) is 2.80. The van der Waals surface area contributed by atoms with E-state index in [1.54, 1.807) is 11.3 Å². The normalized spacial score (nSPS) is 10.7. The van der Waals surface area contributed by atoms with Crippen molar-refractivity contribution in [2.45, 2.75) is 26.4 Å². The standard InChI is InChI=1S/C12H14BrN3S/c1-2-11-7-16-12(17-11)8-14-6-10-4-3-9(13)5-15-10/h3-5,7,14H,2,6,8H2,1H3. The summed E-state index contributed by atoms with van der Waals surface area (Å²) in [5.74, 6) is 0. The molecule has 0 radical (unpaired) electrons. The molecule has 0 aliphatic heterocycles. The van der Waals surface area contributed by atoms with Crippen LogP contribution in [-0.4, -0.2) is 9.97 Å². The highest BCUT2D eigenvalue weighted by molar-refractivity contribution is 9.10. The van der Waals surface area contributed by atoms with Crippen LogP contribution in [-0.2, 0) is 19.5 Å². The number of rotatable bonds is 5. The second-order valence-corrected chi connectivity index (χ2v) is 5.76. The van der Waals surface area contributed by atoms with Crippen LogP contribution in [0.25, 0.3) is 0 Å². The average molecular weight is 312 g/mol. The van der Waals surface area contributed by atoms with Gasteiger partial charge in [-0.05, 0) is 34.5 Å². The molecule has 2 aromatic heterocycles. The maximum absolute atomic E-state index is 4.36. The van der Waals surface area contributed by atoms with E-state index in [0.717, 1.165) is 34.7 Å². The van der Waals surface area contributed by atoms with Gasteiger partial charge in [0, 0.05) is 34.8 Å². The molecule has 0 atom stereocenters. The number of hydrogen-bond acceptors (Lipinski definition) is 4. The minimum absolute atomic E-state index is 0.772. The molecule has 17 heavy (non-hydrogen) atoms. The van der Waals surface area contributed by atoms with Crippen LogP contribution in [0.3, 0.4) is 0 Å². The Hall–Kier alpha value is -0.780. The maximum Gasteiger partial charge on any atom is 0.107 e. The van der Waals surface area contributed by atoms with Gasteiger partial charge in [0.05, 0.1) is 5.69 Å². The van der Waals surface area contributed by atoms with Gasteiger partial charge >= 0.3 is 0 Å². The van der Waals surface area contributed by atoms with E-state index in [2.05, 4.69) is 38.1 Å². The molecule has 0 bridgehead atoms. The lowest BCUT2D eigenvalue weighted by Gasteiger charge is -2.01. The predicted molar refractivity (Wildman–Crippen MR) is 74.0 cm³/mol. The van der Waals surface area contributed by atoms with Crippen LogP contribution >= 0.6 is 27.3 Å². The highest BCUT2D eigenvalue weighted by atomic mass is 79.9. The molecule has 0 fully saturated rings. The Morgan fingerprint density at radius 2 is 2.12 bits per heavy atom. The van der Waals surface area contributed by atoms with Gasteiger partial charge in [0.25, 0.3) is 0 Å². The van der Waals surface area contributed by atoms with Crippen molar-refractivity contribution in [2.24, 2.45) is 0 Å². The van der Waals surface area contributed by atoms with E-state index < -0.39 is 0 Å². The van der Waals surface area contributed by atoms with Gasteiger partial charge in [-0.1, -0.05) is 6.92 Å². The lowest BCUT2D eigenvalue weighted by atomic mass is 10.3. The molecule has 1 N–H and O–H groups in total. The highest BCUT2D eigenvalue weighted by Crippen LogP contribution is 2.13. The summed E-state index contributed by atoms with van der Waals surface area (Å²) >= 11 is 5.14. The van der Waals surface area contributed by atoms with Crippen molar-refractivity contribution in [2.75, 3.05) is 0 Å². The molecule has 2 aromatic rings. The van der Waals surface area contributed by atoms with Crippen molar-refractivity contribution in [3.05, 3.63) is 44.6 Å². The highest BCUT2D eigenvalue weighted by Gasteiger charge is 2.00. The summed E-state index contributed by atoms with van der Waals surface area (Å²) < 4.78 is 1.01. The fourth-order valence-corrected chi connectivity index (χ4v) is 2.47. The van der Waals surface area contributed by atoms with Crippen LogP contribution in [0.1, 0.15) is 22.5 Å². The second kappa shape index (κ2) is 6.23. The summed E-state index contributed by atoms with van der Waals surface area (Å²) in [4.78, 5) is 10.0. The molecule has 0 aromatic carbocycles. The van der Waals surface area contributed by atoms with Crippen molar-refractivity contribution < 1.29 is 0 Å². The second-order valence-electron chi connectivity index (χ2n) is 3.65. The molecule has 5 heteroatoms. The molecule has 3 nitrogen and oxygen atoms in total. The predicted octanol–water partition coefficient (Wildman–Crippen LogP) is 3.15. The summed E-state index contributed by atoms with van der Waals surface area (Å²) in [6.45, 7) is 3.73. The van der Waals surface area contributed by atoms with Gasteiger partial charge in [0.2, 0.25) is 0 Å². The first-order valence-corrected chi connectivity index (χ1v) is 7.13. The summed E-state index contributed by atoms with van der Waals surface area (Å²) in [7, 11) is 0. The van der Waals surface area contributed by atoms with E-state index in [9.17, 15) is 0 Å². The monoisotopic (exact) mass is 311 g/mol. The third-order valence-corrected chi connectivity index (χ3v) is 3.93. The molecule has 2 heterocycles. The lowest BCUT2D eigenvalue weighted by Crippen LogP contribution is -2.13. The zero-order valence-corrected chi connectivity index (χ0v) is 12.0. The Morgan fingerprint density at radius 3 is 2.76 bits per heavy atom. The van der Waals surface area contributed by atoms with E-state index in [-0.39, 0.29) is 0 Å². The number of nitrogens with one attached hydrogen (secondary N) is 1. The van der Waals surface area contributed by atoms with Crippen LogP contribution in [0.2, 0.25) is 0 Å². The number of thiazole rings is 1. The SMILES string of the molecule is CCc1cnc(CNCc2ccc(Br)cn2)s1. The third kappa shape index (κ3) is 3.87. The number of hydrogen-bond donors (Lipinski definition) is 1. The van der Waals surface area contributed by atoms with E-state index in [1.807, 2.05) is 24.5 Å². The lowest BCUT2D eigenvalue weighted by molar-refractivity contribution is 0.676. The summed E-state index contributed by atoms with van der Waals surface area (Å²) in [5, 5.41) is 4.48. The molecular weight excluding hydrogens is 298 g/mol. The molecule has 0 aliphatic carbocycles. The molecule has 0 saturated carbocycles. The number of aromatic nitrogens is 2. The number of halogens is 1. The molecule has 0 amide bonds. The smallest absolute Gasteiger partial charge is 0.107 e. The van der Waals surface area contributed by atoms with E-state index in [4.69, 9.17) is 0 Å². The first kappa shape index (κ1) is 12.7. The van der Waals surface area contributed by atoms with Crippen LogP contribution in [0.4, 0.5) is 0 Å². The summed E-state index contributed by atoms with van der Waals surface area (Å²) in [5.41, 5.74) is 1.04. The van der Waals surface area contributed by atoms with Gasteiger partial charge in [-0.15, -0.1) is 11.3 Å². The van der Waals surface area contributed by atoms with Crippen molar-refractivity contribution in [1.82, 2.24) is 15.3 Å². The Morgan fingerprint density at radius 1 is 1.24 bits per heavy atom. The summed E-state index contributed by atoms with van der Waals surface area (Å²) in [6, 6.07) is 4.01. The van der Waals surface area contributed by atoms with E-state index in [1.165, 1.54) is 4.88 Å². The van der Waals surface area contributed by atoms with Gasteiger partial charge in [-0.2, -0.15) is 0 Å². The van der Waals surface area contributed by atoms with Gasteiger partial charge in [0.15, 0.2) is 0 Å². The first-order valence-electron chi connectivity index (χ1n) is 5.52. The molecule has 2 rings (SSSR count). The zero-order valence-electron chi connectivity index (χ0n) is 9.61. The maximum atomic E-state index is 4.36. The van der Waals surface area contributed by atoms with Crippen LogP contribution in [0, 0.1) is 0 Å². The van der Waals surface area contributed by atoms with Crippen molar-refractivity contribution in [3.8, 4) is 0 Å². The molecule has 0 saturated heterocycles. The van der Waals surface area contributed by atoms with Crippen LogP contribution in [0.15, 0.2) is 29.0 Å². The summed E-state index contributed by atoms with van der Waals surface area (Å²) in [6.07, 6.45) is 4.83. The van der Waals surface area contributed by atoms with Gasteiger partial charge in [-0.25, -0.2) is 4.98 Å². The third-order valence-electron chi connectivity index (χ3n) is 2.32. The van der Waals surface area contributed by atoms with Gasteiger partial charge < -0.3 is 5.32 Å². The molecular formula is C12H14BrN3S. The molecule has 0 spiro atoms. The number of pyridine rings is 1. The van der Waals surface area contributed by atoms with Gasteiger partial charge in [0.1, 0.15) is 5.01 Å². The van der Waals surface area contributed by atoms with Crippen molar-refractivity contribution in [1.29, 1.82) is 0 Å². The fraction of sp³-hybridized carbons (Fsp3) is 0.333. The van der Waals surface area contributed by atoms with Crippen molar-refractivity contribution in [3.63, 3.8) is 0 Å². The van der Waals surface area contributed by atoms with Gasteiger partial charge in [-0.3, -0.25) is 4.98 Å². The molecule has 90 valence electrons.